The van der Waals surface area contributed by atoms with E-state index in [9.17, 15) is 9.18 Å². The zero-order valence-electron chi connectivity index (χ0n) is 9.98. The van der Waals surface area contributed by atoms with Gasteiger partial charge in [0.05, 0.1) is 7.11 Å². The number of hydrogen-bond donors (Lipinski definition) is 1. The van der Waals surface area contributed by atoms with Crippen molar-refractivity contribution in [2.75, 3.05) is 12.4 Å². The summed E-state index contributed by atoms with van der Waals surface area (Å²) in [6.07, 6.45) is 1.43. The van der Waals surface area contributed by atoms with Gasteiger partial charge in [-0.05, 0) is 24.3 Å². The summed E-state index contributed by atoms with van der Waals surface area (Å²) >= 11 is 5.70. The van der Waals surface area contributed by atoms with Gasteiger partial charge in [0.25, 0.3) is 5.91 Å². The van der Waals surface area contributed by atoms with Crippen molar-refractivity contribution < 1.29 is 13.9 Å². The molecule has 0 atom stereocenters. The van der Waals surface area contributed by atoms with Crippen LogP contribution in [0.2, 0.25) is 5.15 Å². The highest BCUT2D eigenvalue weighted by Crippen LogP contribution is 2.22. The fourth-order valence-electron chi connectivity index (χ4n) is 1.48. The van der Waals surface area contributed by atoms with E-state index in [1.165, 1.54) is 43.6 Å². The average Bonchev–Trinajstić information content (AvgIpc) is 2.41. The van der Waals surface area contributed by atoms with E-state index >= 15 is 0 Å². The Labute approximate surface area is 114 Å². The molecule has 98 valence electrons. The van der Waals surface area contributed by atoms with Gasteiger partial charge in [-0.2, -0.15) is 0 Å². The van der Waals surface area contributed by atoms with Crippen molar-refractivity contribution in [1.82, 2.24) is 4.98 Å². The molecule has 1 amide bonds. The third kappa shape index (κ3) is 3.20. The van der Waals surface area contributed by atoms with E-state index in [-0.39, 0.29) is 16.8 Å². The van der Waals surface area contributed by atoms with E-state index in [2.05, 4.69) is 10.3 Å². The average molecular weight is 281 g/mol. The second-order valence-electron chi connectivity index (χ2n) is 3.67. The summed E-state index contributed by atoms with van der Waals surface area (Å²) in [6, 6.07) is 7.03. The number of carbonyl (C=O) groups excluding carboxylic acids is 1. The van der Waals surface area contributed by atoms with Gasteiger partial charge in [-0.3, -0.25) is 4.79 Å². The summed E-state index contributed by atoms with van der Waals surface area (Å²) in [5.41, 5.74) is 0.791. The maximum absolute atomic E-state index is 13.2. The van der Waals surface area contributed by atoms with E-state index in [1.54, 1.807) is 0 Å². The Morgan fingerprint density at radius 2 is 2.16 bits per heavy atom. The summed E-state index contributed by atoms with van der Waals surface area (Å²) in [4.78, 5) is 15.7. The van der Waals surface area contributed by atoms with Gasteiger partial charge < -0.3 is 10.1 Å². The molecule has 0 spiro atoms. The minimum atomic E-state index is -0.493. The zero-order valence-corrected chi connectivity index (χ0v) is 10.7. The SMILES string of the molecule is COc1cc(NC(=O)c2ccnc(Cl)c2)ccc1F. The van der Waals surface area contributed by atoms with Gasteiger partial charge in [-0.15, -0.1) is 0 Å². The lowest BCUT2D eigenvalue weighted by molar-refractivity contribution is 0.102. The third-order valence-corrected chi connectivity index (χ3v) is 2.60. The number of carbonyl (C=O) groups is 1. The molecule has 0 aliphatic rings. The number of pyridine rings is 1. The Kier molecular flexibility index (Phi) is 3.97. The van der Waals surface area contributed by atoms with Crippen LogP contribution in [0.25, 0.3) is 0 Å². The monoisotopic (exact) mass is 280 g/mol. The van der Waals surface area contributed by atoms with Crippen LogP contribution in [0.15, 0.2) is 36.5 Å². The van der Waals surface area contributed by atoms with E-state index in [0.29, 0.717) is 11.3 Å². The molecule has 1 N–H and O–H groups in total. The molecule has 19 heavy (non-hydrogen) atoms. The number of halogens is 2. The maximum atomic E-state index is 13.2. The van der Waals surface area contributed by atoms with Crippen LogP contribution in [-0.2, 0) is 0 Å². The molecule has 0 unspecified atom stereocenters. The number of nitrogens with zero attached hydrogens (tertiary/aromatic N) is 1. The molecule has 0 saturated heterocycles. The quantitative estimate of drug-likeness (QED) is 0.879. The van der Waals surface area contributed by atoms with Gasteiger partial charge in [0.1, 0.15) is 5.15 Å². The number of amides is 1. The maximum Gasteiger partial charge on any atom is 0.255 e. The van der Waals surface area contributed by atoms with Crippen LogP contribution in [0.1, 0.15) is 10.4 Å². The fourth-order valence-corrected chi connectivity index (χ4v) is 1.66. The highest BCUT2D eigenvalue weighted by atomic mass is 35.5. The van der Waals surface area contributed by atoms with Crippen LogP contribution in [0.5, 0.6) is 5.75 Å². The largest absolute Gasteiger partial charge is 0.494 e. The molecule has 0 bridgehead atoms. The van der Waals surface area contributed by atoms with Gasteiger partial charge in [0, 0.05) is 23.5 Å². The lowest BCUT2D eigenvalue weighted by atomic mass is 10.2. The van der Waals surface area contributed by atoms with Crippen molar-refractivity contribution in [2.45, 2.75) is 0 Å². The number of anilines is 1. The highest BCUT2D eigenvalue weighted by molar-refractivity contribution is 6.29. The lowest BCUT2D eigenvalue weighted by Crippen LogP contribution is -2.12. The highest BCUT2D eigenvalue weighted by Gasteiger charge is 2.09. The minimum Gasteiger partial charge on any atom is -0.494 e. The number of hydrogen-bond acceptors (Lipinski definition) is 3. The van der Waals surface area contributed by atoms with Crippen LogP contribution in [0.4, 0.5) is 10.1 Å². The van der Waals surface area contributed by atoms with Crippen molar-refractivity contribution in [2.24, 2.45) is 0 Å². The molecule has 0 aliphatic heterocycles. The molecule has 6 heteroatoms. The Bertz CT molecular complexity index is 619. The van der Waals surface area contributed by atoms with Crippen LogP contribution in [0.3, 0.4) is 0 Å². The van der Waals surface area contributed by atoms with Crippen molar-refractivity contribution in [1.29, 1.82) is 0 Å². The third-order valence-electron chi connectivity index (χ3n) is 2.40. The Morgan fingerprint density at radius 1 is 1.37 bits per heavy atom. The summed E-state index contributed by atoms with van der Waals surface area (Å²) < 4.78 is 18.1. The summed E-state index contributed by atoms with van der Waals surface area (Å²) in [7, 11) is 1.35. The van der Waals surface area contributed by atoms with Gasteiger partial charge >= 0.3 is 0 Å². The number of ether oxygens (including phenoxy) is 1. The first kappa shape index (κ1) is 13.3. The normalized spacial score (nSPS) is 10.1. The summed E-state index contributed by atoms with van der Waals surface area (Å²) in [5, 5.41) is 2.84. The van der Waals surface area contributed by atoms with Gasteiger partial charge in [-0.25, -0.2) is 9.37 Å². The Balaban J connectivity index is 2.19. The molecule has 1 aromatic carbocycles. The minimum absolute atomic E-state index is 0.0607. The molecular formula is C13H10ClFN2O2. The van der Waals surface area contributed by atoms with Gasteiger partial charge in [0.2, 0.25) is 0 Å². The number of benzene rings is 1. The fraction of sp³-hybridized carbons (Fsp3) is 0.0769. The number of methoxy groups -OCH3 is 1. The van der Waals surface area contributed by atoms with Crippen molar-refractivity contribution >= 4 is 23.2 Å². The van der Waals surface area contributed by atoms with Crippen LogP contribution >= 0.6 is 11.6 Å². The smallest absolute Gasteiger partial charge is 0.255 e. The number of aromatic nitrogens is 1. The predicted molar refractivity (Wildman–Crippen MR) is 70.2 cm³/mol. The second kappa shape index (κ2) is 5.67. The second-order valence-corrected chi connectivity index (χ2v) is 4.06. The van der Waals surface area contributed by atoms with E-state index in [4.69, 9.17) is 16.3 Å². The molecule has 0 radical (unpaired) electrons. The van der Waals surface area contributed by atoms with E-state index in [1.807, 2.05) is 0 Å². The molecular weight excluding hydrogens is 271 g/mol. The van der Waals surface area contributed by atoms with Crippen molar-refractivity contribution in [3.05, 3.63) is 53.1 Å². The topological polar surface area (TPSA) is 51.2 Å². The first-order valence-corrected chi connectivity index (χ1v) is 5.74. The molecule has 2 rings (SSSR count). The van der Waals surface area contributed by atoms with Crippen LogP contribution in [0, 0.1) is 5.82 Å². The first-order valence-electron chi connectivity index (χ1n) is 5.36. The van der Waals surface area contributed by atoms with Gasteiger partial charge in [-0.1, -0.05) is 11.6 Å². The Morgan fingerprint density at radius 3 is 2.84 bits per heavy atom. The zero-order chi connectivity index (χ0) is 13.8. The summed E-state index contributed by atoms with van der Waals surface area (Å²) in [6.45, 7) is 0. The van der Waals surface area contributed by atoms with Crippen LogP contribution < -0.4 is 10.1 Å². The first-order chi connectivity index (χ1) is 9.10. The number of nitrogens with one attached hydrogen (secondary N) is 1. The molecule has 2 aromatic rings. The van der Waals surface area contributed by atoms with Crippen molar-refractivity contribution in [3.8, 4) is 5.75 Å². The molecule has 0 aliphatic carbocycles. The molecule has 1 heterocycles. The molecule has 0 fully saturated rings. The molecule has 0 saturated carbocycles. The van der Waals surface area contributed by atoms with Crippen molar-refractivity contribution in [3.63, 3.8) is 0 Å². The van der Waals surface area contributed by atoms with E-state index < -0.39 is 5.82 Å². The molecule has 1 aromatic heterocycles. The van der Waals surface area contributed by atoms with Crippen LogP contribution in [-0.4, -0.2) is 18.0 Å². The van der Waals surface area contributed by atoms with E-state index in [0.717, 1.165) is 0 Å². The lowest BCUT2D eigenvalue weighted by Gasteiger charge is -2.08. The standard InChI is InChI=1S/C13H10ClFN2O2/c1-19-11-7-9(2-3-10(11)15)17-13(18)8-4-5-16-12(14)6-8/h2-7H,1H3,(H,17,18). The molecule has 4 nitrogen and oxygen atoms in total. The Hall–Kier alpha value is -2.14. The summed E-state index contributed by atoms with van der Waals surface area (Å²) in [5.74, 6) is -0.795. The van der Waals surface area contributed by atoms with Gasteiger partial charge in [0.15, 0.2) is 11.6 Å². The number of rotatable bonds is 3. The predicted octanol–water partition coefficient (Wildman–Crippen LogP) is 3.14.